The lowest BCUT2D eigenvalue weighted by Crippen LogP contribution is -2.39. The number of ether oxygens (including phenoxy) is 1. The molecule has 0 saturated heterocycles. The quantitative estimate of drug-likeness (QED) is 0.590. The molecule has 0 radical (unpaired) electrons. The number of carbonyl (C=O) groups excluding carboxylic acids is 1. The van der Waals surface area contributed by atoms with E-state index >= 15 is 0 Å². The minimum absolute atomic E-state index is 0.0963. The number of hydrogen-bond acceptors (Lipinski definition) is 4. The van der Waals surface area contributed by atoms with E-state index in [0.717, 1.165) is 0 Å². The Balaban J connectivity index is 2.57. The summed E-state index contributed by atoms with van der Waals surface area (Å²) in [6.07, 6.45) is 0.102. The number of benzene rings is 1. The molecule has 116 valence electrons. The highest BCUT2D eigenvalue weighted by Gasteiger charge is 2.20. The zero-order chi connectivity index (χ0) is 15.9. The van der Waals surface area contributed by atoms with Gasteiger partial charge in [-0.15, -0.1) is 0 Å². The van der Waals surface area contributed by atoms with Crippen LogP contribution in [0.2, 0.25) is 13.1 Å². The summed E-state index contributed by atoms with van der Waals surface area (Å²) in [5, 5.41) is 20.9. The maximum atomic E-state index is 11.0. The summed E-state index contributed by atoms with van der Waals surface area (Å²) in [5.74, 6) is -0.474. The molecule has 5 heteroatoms. The summed E-state index contributed by atoms with van der Waals surface area (Å²) in [6.45, 7) is 4.38. The fourth-order valence-electron chi connectivity index (χ4n) is 2.03. The van der Waals surface area contributed by atoms with Crippen LogP contribution in [0.25, 0.3) is 0 Å². The van der Waals surface area contributed by atoms with Crippen LogP contribution >= 0.6 is 0 Å². The topological polar surface area (TPSA) is 66.8 Å². The predicted octanol–water partition coefficient (Wildman–Crippen LogP) is 1.37. The highest BCUT2D eigenvalue weighted by Crippen LogP contribution is 2.09. The summed E-state index contributed by atoms with van der Waals surface area (Å²) < 4.78 is 4.48. The van der Waals surface area contributed by atoms with Crippen molar-refractivity contribution in [3.63, 3.8) is 0 Å². The average molecular weight is 308 g/mol. The molecule has 2 atom stereocenters. The Morgan fingerprint density at radius 3 is 2.48 bits per heavy atom. The maximum Gasteiger partial charge on any atom is 0.308 e. The van der Waals surface area contributed by atoms with Crippen molar-refractivity contribution < 1.29 is 19.7 Å². The second kappa shape index (κ2) is 8.12. The van der Waals surface area contributed by atoms with Crippen LogP contribution in [0.4, 0.5) is 0 Å². The molecule has 1 aromatic carbocycles. The van der Waals surface area contributed by atoms with Crippen molar-refractivity contribution in [1.82, 2.24) is 0 Å². The Kier molecular flexibility index (Phi) is 6.81. The third-order valence-corrected chi connectivity index (χ3v) is 6.24. The van der Waals surface area contributed by atoms with Crippen molar-refractivity contribution >= 4 is 19.2 Å². The van der Waals surface area contributed by atoms with E-state index in [1.54, 1.807) is 6.08 Å². The lowest BCUT2D eigenvalue weighted by Gasteiger charge is -2.19. The van der Waals surface area contributed by atoms with Crippen LogP contribution in [0.3, 0.4) is 0 Å². The van der Waals surface area contributed by atoms with Gasteiger partial charge in [0.15, 0.2) is 0 Å². The lowest BCUT2D eigenvalue weighted by atomic mass is 10.1. The SMILES string of the molecule is COC(=O)C[C@@H](O)C[C@@H](O)/C=C/[Si](C)(C)c1ccccc1. The van der Waals surface area contributed by atoms with Crippen molar-refractivity contribution in [1.29, 1.82) is 0 Å². The molecule has 0 spiro atoms. The second-order valence-electron chi connectivity index (χ2n) is 5.68. The van der Waals surface area contributed by atoms with E-state index in [4.69, 9.17) is 0 Å². The molecule has 0 bridgehead atoms. The predicted molar refractivity (Wildman–Crippen MR) is 86.0 cm³/mol. The number of rotatable bonds is 7. The van der Waals surface area contributed by atoms with Crippen LogP contribution < -0.4 is 5.19 Å². The zero-order valence-electron chi connectivity index (χ0n) is 12.8. The van der Waals surface area contributed by atoms with Gasteiger partial charge in [0.05, 0.1) is 25.7 Å². The maximum absolute atomic E-state index is 11.0. The first-order valence-electron chi connectivity index (χ1n) is 7.03. The van der Waals surface area contributed by atoms with Crippen molar-refractivity contribution in [2.75, 3.05) is 7.11 Å². The molecule has 0 saturated carbocycles. The molecule has 2 N–H and O–H groups in total. The van der Waals surface area contributed by atoms with Crippen LogP contribution in [0.1, 0.15) is 12.8 Å². The van der Waals surface area contributed by atoms with E-state index in [2.05, 4.69) is 35.7 Å². The lowest BCUT2D eigenvalue weighted by molar-refractivity contribution is -0.143. The van der Waals surface area contributed by atoms with Gasteiger partial charge in [-0.3, -0.25) is 4.79 Å². The Morgan fingerprint density at radius 1 is 1.29 bits per heavy atom. The third-order valence-electron chi connectivity index (χ3n) is 3.40. The van der Waals surface area contributed by atoms with E-state index in [1.807, 2.05) is 18.2 Å². The Morgan fingerprint density at radius 2 is 1.90 bits per heavy atom. The first kappa shape index (κ1) is 17.6. The second-order valence-corrected chi connectivity index (χ2v) is 10.0. The molecule has 0 aromatic heterocycles. The van der Waals surface area contributed by atoms with Gasteiger partial charge in [-0.1, -0.05) is 60.4 Å². The average Bonchev–Trinajstić information content (AvgIpc) is 2.46. The number of methoxy groups -OCH3 is 1. The van der Waals surface area contributed by atoms with Gasteiger partial charge in [-0.05, 0) is 0 Å². The smallest absolute Gasteiger partial charge is 0.308 e. The summed E-state index contributed by atoms with van der Waals surface area (Å²) in [4.78, 5) is 11.0. The monoisotopic (exact) mass is 308 g/mol. The highest BCUT2D eigenvalue weighted by molar-refractivity contribution is 6.93. The van der Waals surface area contributed by atoms with E-state index in [0.29, 0.717) is 0 Å². The van der Waals surface area contributed by atoms with E-state index in [-0.39, 0.29) is 12.8 Å². The van der Waals surface area contributed by atoms with Crippen molar-refractivity contribution in [2.45, 2.75) is 38.1 Å². The first-order chi connectivity index (χ1) is 9.85. The minimum atomic E-state index is -1.75. The van der Waals surface area contributed by atoms with E-state index in [9.17, 15) is 15.0 Å². The molecule has 0 aliphatic heterocycles. The van der Waals surface area contributed by atoms with Gasteiger partial charge < -0.3 is 14.9 Å². The van der Waals surface area contributed by atoms with Crippen molar-refractivity contribution in [3.05, 3.63) is 42.1 Å². The highest BCUT2D eigenvalue weighted by atomic mass is 28.3. The Bertz CT molecular complexity index is 470. The fourth-order valence-corrected chi connectivity index (χ4v) is 3.98. The van der Waals surface area contributed by atoms with Gasteiger partial charge in [0.2, 0.25) is 0 Å². The molecule has 0 unspecified atom stereocenters. The molecule has 21 heavy (non-hydrogen) atoms. The van der Waals surface area contributed by atoms with Gasteiger partial charge in [-0.2, -0.15) is 0 Å². The van der Waals surface area contributed by atoms with E-state index in [1.165, 1.54) is 12.3 Å². The van der Waals surface area contributed by atoms with Crippen molar-refractivity contribution in [3.8, 4) is 0 Å². The standard InChI is InChI=1S/C16H24O4Si/c1-20-16(19)12-14(18)11-13(17)9-10-21(2,3)15-7-5-4-6-8-15/h4-10,13-14,17-18H,11-12H2,1-3H3/b10-9+/t13-,14-/m0/s1. The van der Waals surface area contributed by atoms with Crippen LogP contribution in [0.5, 0.6) is 0 Å². The number of aliphatic hydroxyl groups excluding tert-OH is 2. The molecule has 4 nitrogen and oxygen atoms in total. The number of aliphatic hydroxyl groups is 2. The fraction of sp³-hybridized carbons (Fsp3) is 0.438. The molecule has 0 aliphatic rings. The van der Waals surface area contributed by atoms with Gasteiger partial charge >= 0.3 is 5.97 Å². The summed E-state index contributed by atoms with van der Waals surface area (Å²) in [7, 11) is -0.469. The molecule has 1 rings (SSSR count). The van der Waals surface area contributed by atoms with Gasteiger partial charge in [0, 0.05) is 6.42 Å². The Labute approximate surface area is 127 Å². The van der Waals surface area contributed by atoms with Gasteiger partial charge in [0.1, 0.15) is 8.07 Å². The largest absolute Gasteiger partial charge is 0.469 e. The van der Waals surface area contributed by atoms with Crippen LogP contribution in [-0.2, 0) is 9.53 Å². The minimum Gasteiger partial charge on any atom is -0.469 e. The normalized spacial score (nSPS) is 14.9. The zero-order valence-corrected chi connectivity index (χ0v) is 13.8. The Hall–Kier alpha value is -1.43. The van der Waals surface area contributed by atoms with Gasteiger partial charge in [-0.25, -0.2) is 0 Å². The van der Waals surface area contributed by atoms with Gasteiger partial charge in [0.25, 0.3) is 0 Å². The number of hydrogen-bond donors (Lipinski definition) is 2. The molecule has 0 amide bonds. The van der Waals surface area contributed by atoms with Crippen LogP contribution in [0.15, 0.2) is 42.1 Å². The number of esters is 1. The molecular formula is C16H24O4Si. The summed E-state index contributed by atoms with van der Waals surface area (Å²) >= 11 is 0. The van der Waals surface area contributed by atoms with E-state index < -0.39 is 26.3 Å². The van der Waals surface area contributed by atoms with Crippen LogP contribution in [0, 0.1) is 0 Å². The molecule has 0 aliphatic carbocycles. The van der Waals surface area contributed by atoms with Crippen LogP contribution in [-0.4, -0.2) is 43.6 Å². The molecule has 0 fully saturated rings. The summed E-state index contributed by atoms with van der Waals surface area (Å²) in [6, 6.07) is 10.2. The molecule has 0 heterocycles. The summed E-state index contributed by atoms with van der Waals surface area (Å²) in [5.41, 5.74) is 2.05. The third kappa shape index (κ3) is 6.24. The number of carbonyl (C=O) groups is 1. The van der Waals surface area contributed by atoms with Crippen molar-refractivity contribution in [2.24, 2.45) is 0 Å². The first-order valence-corrected chi connectivity index (χ1v) is 10.1. The molecule has 1 aromatic rings. The molecular weight excluding hydrogens is 284 g/mol.